The molecule has 1 heterocycles. The number of aliphatic carboxylic acids is 1. The van der Waals surface area contributed by atoms with Crippen LogP contribution < -0.4 is 0 Å². The molecule has 4 aliphatic carbocycles. The van der Waals surface area contributed by atoms with Crippen molar-refractivity contribution < 1.29 is 24.2 Å². The van der Waals surface area contributed by atoms with Crippen molar-refractivity contribution in [2.45, 2.75) is 84.0 Å². The van der Waals surface area contributed by atoms with Crippen LogP contribution in [-0.4, -0.2) is 28.8 Å². The molecule has 0 bridgehead atoms. The number of carbonyl (C=O) groups is 2. The molecule has 1 saturated heterocycles. The van der Waals surface area contributed by atoms with E-state index in [1.165, 1.54) is 25.0 Å². The number of ketones is 1. The maximum atomic E-state index is 12.0. The molecule has 0 amide bonds. The smallest absolute Gasteiger partial charge is 0.335 e. The number of carboxylic acid groups (broad SMARTS) is 1. The minimum absolute atomic E-state index is 0.110. The van der Waals surface area contributed by atoms with E-state index in [1.54, 1.807) is 0 Å². The second-order valence-corrected chi connectivity index (χ2v) is 10.8. The summed E-state index contributed by atoms with van der Waals surface area (Å²) in [6.07, 6.45) is 9.42. The zero-order valence-electron chi connectivity index (χ0n) is 17.8. The van der Waals surface area contributed by atoms with E-state index in [1.807, 2.05) is 13.0 Å². The topological polar surface area (TPSA) is 72.8 Å². The molecule has 0 spiro atoms. The fourth-order valence-corrected chi connectivity index (χ4v) is 8.20. The molecule has 29 heavy (non-hydrogen) atoms. The quantitative estimate of drug-likeness (QED) is 0.737. The molecule has 0 aromatic heterocycles. The molecule has 1 aliphatic heterocycles. The van der Waals surface area contributed by atoms with Crippen molar-refractivity contribution in [2.24, 2.45) is 34.5 Å². The first kappa shape index (κ1) is 19.7. The van der Waals surface area contributed by atoms with Crippen molar-refractivity contribution in [3.63, 3.8) is 0 Å². The number of ether oxygens (including phenoxy) is 2. The molecule has 159 valence electrons. The molecule has 1 radical (unpaired) electrons. The van der Waals surface area contributed by atoms with Gasteiger partial charge in [-0.1, -0.05) is 19.4 Å². The third-order valence-corrected chi connectivity index (χ3v) is 9.63. The summed E-state index contributed by atoms with van der Waals surface area (Å²) in [5.41, 5.74) is 1.70. The number of carbonyl (C=O) groups excluding carboxylic acids is 1. The maximum Gasteiger partial charge on any atom is 0.335 e. The average molecular weight is 402 g/mol. The number of hydrogen-bond acceptors (Lipinski definition) is 4. The fraction of sp³-hybridized carbons (Fsp3) is 0.792. The van der Waals surface area contributed by atoms with Gasteiger partial charge in [0.05, 0.1) is 0 Å². The Kier molecular flexibility index (Phi) is 4.36. The predicted molar refractivity (Wildman–Crippen MR) is 106 cm³/mol. The van der Waals surface area contributed by atoms with Crippen LogP contribution in [0.4, 0.5) is 0 Å². The van der Waals surface area contributed by atoms with E-state index in [-0.39, 0.29) is 16.7 Å². The van der Waals surface area contributed by atoms with E-state index in [0.29, 0.717) is 30.0 Å². The van der Waals surface area contributed by atoms with Gasteiger partial charge in [0.1, 0.15) is 6.61 Å². The standard InChI is InChI=1S/C24H33O5/c1-22-10-8-15(25)12-14(22)4-5-16-17-6-7-20(23(17,2)11-9-18(16)22)24(3)28-13-19(29-24)21(26)27/h12-13,16-20H,4-11H2,1-3H3,(H,26,27)/t16-,17-,18-,19?,20-,22-,23-,24?/m0/s1. The lowest BCUT2D eigenvalue weighted by molar-refractivity contribution is -0.221. The molecule has 4 fully saturated rings. The van der Waals surface area contributed by atoms with Gasteiger partial charge in [-0.3, -0.25) is 4.79 Å². The average Bonchev–Trinajstić information content (AvgIpc) is 3.23. The fourth-order valence-electron chi connectivity index (χ4n) is 8.20. The van der Waals surface area contributed by atoms with E-state index >= 15 is 0 Å². The van der Waals surface area contributed by atoms with Crippen LogP contribution in [0.15, 0.2) is 11.6 Å². The Labute approximate surface area is 173 Å². The molecule has 3 saturated carbocycles. The molecule has 1 N–H and O–H groups in total. The Morgan fingerprint density at radius 2 is 1.86 bits per heavy atom. The van der Waals surface area contributed by atoms with Gasteiger partial charge in [-0.15, -0.1) is 0 Å². The summed E-state index contributed by atoms with van der Waals surface area (Å²) in [7, 11) is 0. The zero-order chi connectivity index (χ0) is 20.6. The van der Waals surface area contributed by atoms with E-state index < -0.39 is 17.9 Å². The predicted octanol–water partition coefficient (Wildman–Crippen LogP) is 4.51. The molecule has 2 unspecified atom stereocenters. The molecule has 5 aliphatic rings. The van der Waals surface area contributed by atoms with Crippen LogP contribution in [0.25, 0.3) is 0 Å². The van der Waals surface area contributed by atoms with Gasteiger partial charge in [-0.25, -0.2) is 4.79 Å². The SMILES string of the molecule is CC1([C@H]2CC[C@H]3[C@@H]4CCC5=CC(=O)CC[C@]5(C)[C@H]4CC[C@]23C)O[CH]C(C(=O)O)O1. The van der Waals surface area contributed by atoms with Crippen molar-refractivity contribution in [1.29, 1.82) is 0 Å². The van der Waals surface area contributed by atoms with Crippen molar-refractivity contribution in [3.05, 3.63) is 18.3 Å². The molecule has 0 aromatic rings. The molecular formula is C24H33O5. The van der Waals surface area contributed by atoms with Crippen LogP contribution in [-0.2, 0) is 19.1 Å². The summed E-state index contributed by atoms with van der Waals surface area (Å²) in [6.45, 7) is 8.11. The minimum Gasteiger partial charge on any atom is -0.479 e. The summed E-state index contributed by atoms with van der Waals surface area (Å²) in [6, 6.07) is 0. The van der Waals surface area contributed by atoms with Gasteiger partial charge >= 0.3 is 5.97 Å². The monoisotopic (exact) mass is 401 g/mol. The molecule has 0 aromatic carbocycles. The largest absolute Gasteiger partial charge is 0.479 e. The third-order valence-electron chi connectivity index (χ3n) is 9.63. The maximum absolute atomic E-state index is 12.0. The van der Waals surface area contributed by atoms with Gasteiger partial charge in [0.15, 0.2) is 17.7 Å². The van der Waals surface area contributed by atoms with Crippen molar-refractivity contribution in [1.82, 2.24) is 0 Å². The highest BCUT2D eigenvalue weighted by atomic mass is 16.8. The van der Waals surface area contributed by atoms with Gasteiger partial charge in [0.2, 0.25) is 0 Å². The normalized spacial score (nSPS) is 51.8. The number of carboxylic acids is 1. The lowest BCUT2D eigenvalue weighted by atomic mass is 9.46. The van der Waals surface area contributed by atoms with Gasteiger partial charge in [-0.05, 0) is 86.5 Å². The Morgan fingerprint density at radius 3 is 2.59 bits per heavy atom. The first-order valence-electron chi connectivity index (χ1n) is 11.3. The van der Waals surface area contributed by atoms with Crippen molar-refractivity contribution in [3.8, 4) is 0 Å². The highest BCUT2D eigenvalue weighted by Gasteiger charge is 2.64. The second-order valence-electron chi connectivity index (χ2n) is 10.8. The Bertz CT molecular complexity index is 773. The molecule has 8 atom stereocenters. The van der Waals surface area contributed by atoms with E-state index in [0.717, 1.165) is 32.1 Å². The summed E-state index contributed by atoms with van der Waals surface area (Å²) < 4.78 is 11.8. The Hall–Kier alpha value is -1.20. The Morgan fingerprint density at radius 1 is 1.07 bits per heavy atom. The minimum atomic E-state index is -0.983. The first-order valence-corrected chi connectivity index (χ1v) is 11.3. The molecule has 5 nitrogen and oxygen atoms in total. The van der Waals surface area contributed by atoms with Gasteiger partial charge < -0.3 is 14.6 Å². The van der Waals surface area contributed by atoms with Crippen LogP contribution in [0.2, 0.25) is 0 Å². The van der Waals surface area contributed by atoms with Gasteiger partial charge in [0, 0.05) is 12.3 Å². The van der Waals surface area contributed by atoms with Crippen LogP contribution in [0.5, 0.6) is 0 Å². The summed E-state index contributed by atoms with van der Waals surface area (Å²) in [5.74, 6) is 0.644. The molecular weight excluding hydrogens is 368 g/mol. The van der Waals surface area contributed by atoms with E-state index in [4.69, 9.17) is 9.47 Å². The van der Waals surface area contributed by atoms with Crippen LogP contribution in [0.1, 0.15) is 72.1 Å². The highest BCUT2D eigenvalue weighted by molar-refractivity contribution is 5.91. The summed E-state index contributed by atoms with van der Waals surface area (Å²) >= 11 is 0. The van der Waals surface area contributed by atoms with Crippen molar-refractivity contribution in [2.75, 3.05) is 0 Å². The lowest BCUT2D eigenvalue weighted by Crippen LogP contribution is -2.53. The van der Waals surface area contributed by atoms with E-state index in [9.17, 15) is 14.7 Å². The first-order chi connectivity index (χ1) is 13.7. The number of allylic oxidation sites excluding steroid dienone is 1. The number of hydrogen-bond donors (Lipinski definition) is 1. The summed E-state index contributed by atoms with van der Waals surface area (Å²) in [5, 5.41) is 9.33. The zero-order valence-corrected chi connectivity index (χ0v) is 17.8. The van der Waals surface area contributed by atoms with Gasteiger partial charge in [0.25, 0.3) is 0 Å². The lowest BCUT2D eigenvalue weighted by Gasteiger charge is -2.58. The highest BCUT2D eigenvalue weighted by Crippen LogP contribution is 2.68. The van der Waals surface area contributed by atoms with Crippen LogP contribution >= 0.6 is 0 Å². The Balaban J connectivity index is 1.41. The van der Waals surface area contributed by atoms with E-state index in [2.05, 4.69) is 13.8 Å². The number of rotatable bonds is 2. The summed E-state index contributed by atoms with van der Waals surface area (Å²) in [4.78, 5) is 23.4. The van der Waals surface area contributed by atoms with Crippen LogP contribution in [0.3, 0.4) is 0 Å². The van der Waals surface area contributed by atoms with Crippen molar-refractivity contribution >= 4 is 11.8 Å². The van der Waals surface area contributed by atoms with Gasteiger partial charge in [-0.2, -0.15) is 0 Å². The molecule has 5 rings (SSSR count). The van der Waals surface area contributed by atoms with Crippen LogP contribution in [0, 0.1) is 41.1 Å². The second kappa shape index (κ2) is 6.40. The third kappa shape index (κ3) is 2.72. The molecule has 5 heteroatoms. The number of fused-ring (bicyclic) bond motifs is 5.